The lowest BCUT2D eigenvalue weighted by Gasteiger charge is -2.36. The smallest absolute Gasteiger partial charge is 0.410 e. The van der Waals surface area contributed by atoms with Crippen LogP contribution in [0.25, 0.3) is 0 Å². The Morgan fingerprint density at radius 1 is 1.26 bits per heavy atom. The maximum Gasteiger partial charge on any atom is 0.410 e. The Kier molecular flexibility index (Phi) is 8.31. The van der Waals surface area contributed by atoms with Crippen molar-refractivity contribution in [2.24, 2.45) is 5.92 Å². The average molecular weight is 394 g/mol. The van der Waals surface area contributed by atoms with Crippen LogP contribution in [-0.2, 0) is 14.2 Å². The molecule has 1 fully saturated rings. The summed E-state index contributed by atoms with van der Waals surface area (Å²) in [5, 5.41) is 0.669. The van der Waals surface area contributed by atoms with Crippen LogP contribution in [0.15, 0.2) is 0 Å². The second kappa shape index (κ2) is 9.23. The van der Waals surface area contributed by atoms with E-state index >= 15 is 0 Å². The number of amides is 1. The number of rotatable bonds is 7. The van der Waals surface area contributed by atoms with Crippen LogP contribution in [0, 0.1) is 5.92 Å². The van der Waals surface area contributed by atoms with Crippen molar-refractivity contribution in [2.45, 2.75) is 58.7 Å². The number of carbonyl (C=O) groups excluding carboxylic acids is 1. The van der Waals surface area contributed by atoms with Crippen LogP contribution < -0.4 is 0 Å². The van der Waals surface area contributed by atoms with Gasteiger partial charge in [-0.2, -0.15) is 0 Å². The van der Waals surface area contributed by atoms with Crippen molar-refractivity contribution in [3.63, 3.8) is 0 Å². The molecule has 1 heterocycles. The molecule has 1 aliphatic heterocycles. The third-order valence-electron chi connectivity index (χ3n) is 3.85. The van der Waals surface area contributed by atoms with Crippen LogP contribution in [0.2, 0.25) is 0 Å². The maximum atomic E-state index is 12.3. The Labute approximate surface area is 149 Å². The minimum Gasteiger partial charge on any atom is -0.444 e. The molecule has 0 radical (unpaired) electrons. The molecule has 1 amide bonds. The van der Waals surface area contributed by atoms with Gasteiger partial charge in [-0.1, -0.05) is 15.9 Å². The lowest BCUT2D eigenvalue weighted by atomic mass is 10.0. The van der Waals surface area contributed by atoms with Crippen LogP contribution in [0.4, 0.5) is 4.79 Å². The molecular weight excluding hydrogens is 362 g/mol. The first-order valence-electron chi connectivity index (χ1n) is 8.44. The molecule has 1 rings (SSSR count). The third kappa shape index (κ3) is 7.86. The Bertz CT molecular complexity index is 366. The number of nitrogens with zero attached hydrogens (tertiary/aromatic N) is 1. The Morgan fingerprint density at radius 2 is 1.87 bits per heavy atom. The fourth-order valence-corrected chi connectivity index (χ4v) is 2.73. The molecule has 0 bridgehead atoms. The second-order valence-corrected chi connectivity index (χ2v) is 8.01. The zero-order valence-electron chi connectivity index (χ0n) is 15.2. The van der Waals surface area contributed by atoms with E-state index < -0.39 is 11.2 Å². The number of carbonyl (C=O) groups is 1. The van der Waals surface area contributed by atoms with E-state index in [1.165, 1.54) is 0 Å². The van der Waals surface area contributed by atoms with Gasteiger partial charge in [0, 0.05) is 25.1 Å². The summed E-state index contributed by atoms with van der Waals surface area (Å²) in [4.78, 5) is 14.0. The minimum absolute atomic E-state index is 0.290. The quantitative estimate of drug-likeness (QED) is 0.616. The standard InChI is InChI=1S/C17H32BrNO4/c1-6-19(15(20)23-16(2,3)4)13-17(5,12-18)22-11-14-7-9-21-10-8-14/h14H,6-13H2,1-5H3. The number of alkyl halides is 1. The summed E-state index contributed by atoms with van der Waals surface area (Å²) < 4.78 is 17.0. The summed E-state index contributed by atoms with van der Waals surface area (Å²) in [5.41, 5.74) is -0.913. The summed E-state index contributed by atoms with van der Waals surface area (Å²) in [6, 6.07) is 0. The van der Waals surface area contributed by atoms with Crippen LogP contribution >= 0.6 is 15.9 Å². The van der Waals surface area contributed by atoms with Gasteiger partial charge in [0.15, 0.2) is 0 Å². The van der Waals surface area contributed by atoms with E-state index in [9.17, 15) is 4.79 Å². The molecule has 136 valence electrons. The predicted molar refractivity (Wildman–Crippen MR) is 95.2 cm³/mol. The fraction of sp³-hybridized carbons (Fsp3) is 0.941. The Hall–Kier alpha value is -0.330. The summed E-state index contributed by atoms with van der Waals surface area (Å²) in [6.45, 7) is 13.1. The first-order chi connectivity index (χ1) is 10.7. The molecule has 1 saturated heterocycles. The first kappa shape index (κ1) is 20.7. The van der Waals surface area contributed by atoms with Crippen LogP contribution in [-0.4, -0.2) is 60.4 Å². The van der Waals surface area contributed by atoms with Crippen molar-refractivity contribution < 1.29 is 19.0 Å². The van der Waals surface area contributed by atoms with Gasteiger partial charge in [-0.25, -0.2) is 4.79 Å². The predicted octanol–water partition coefficient (Wildman–Crippen LogP) is 3.84. The first-order valence-corrected chi connectivity index (χ1v) is 9.57. The van der Waals surface area contributed by atoms with E-state index in [0.717, 1.165) is 26.1 Å². The highest BCUT2D eigenvalue weighted by Crippen LogP contribution is 2.22. The molecule has 0 aliphatic carbocycles. The average Bonchev–Trinajstić information content (AvgIpc) is 2.50. The van der Waals surface area contributed by atoms with E-state index in [0.29, 0.717) is 30.9 Å². The van der Waals surface area contributed by atoms with Crippen molar-refractivity contribution >= 4 is 22.0 Å². The highest BCUT2D eigenvalue weighted by molar-refractivity contribution is 9.09. The van der Waals surface area contributed by atoms with Gasteiger partial charge in [0.05, 0.1) is 18.8 Å². The number of hydrogen-bond acceptors (Lipinski definition) is 4. The van der Waals surface area contributed by atoms with Crippen LogP contribution in [0.3, 0.4) is 0 Å². The van der Waals surface area contributed by atoms with E-state index in [1.807, 2.05) is 34.6 Å². The lowest BCUT2D eigenvalue weighted by molar-refractivity contribution is -0.0680. The van der Waals surface area contributed by atoms with Crippen molar-refractivity contribution in [3.8, 4) is 0 Å². The highest BCUT2D eigenvalue weighted by Gasteiger charge is 2.32. The van der Waals surface area contributed by atoms with Gasteiger partial charge in [-0.3, -0.25) is 0 Å². The number of halogens is 1. The van der Waals surface area contributed by atoms with E-state index in [1.54, 1.807) is 4.90 Å². The molecule has 0 N–H and O–H groups in total. The maximum absolute atomic E-state index is 12.3. The van der Waals surface area contributed by atoms with Crippen LogP contribution in [0.1, 0.15) is 47.5 Å². The monoisotopic (exact) mass is 393 g/mol. The fourth-order valence-electron chi connectivity index (χ4n) is 2.39. The largest absolute Gasteiger partial charge is 0.444 e. The van der Waals surface area contributed by atoms with E-state index in [4.69, 9.17) is 14.2 Å². The molecule has 0 aromatic heterocycles. The molecule has 1 atom stereocenters. The molecular formula is C17H32BrNO4. The van der Waals surface area contributed by atoms with Gasteiger partial charge in [-0.05, 0) is 53.4 Å². The third-order valence-corrected chi connectivity index (χ3v) is 5.04. The molecule has 6 heteroatoms. The molecule has 0 saturated carbocycles. The van der Waals surface area contributed by atoms with Crippen molar-refractivity contribution in [1.29, 1.82) is 0 Å². The summed E-state index contributed by atoms with van der Waals surface area (Å²) in [7, 11) is 0. The lowest BCUT2D eigenvalue weighted by Crippen LogP contribution is -2.48. The normalized spacial score (nSPS) is 19.2. The van der Waals surface area contributed by atoms with Gasteiger partial charge in [0.2, 0.25) is 0 Å². The molecule has 23 heavy (non-hydrogen) atoms. The SMILES string of the molecule is CCN(CC(C)(CBr)OCC1CCOCC1)C(=O)OC(C)(C)C. The minimum atomic E-state index is -0.488. The molecule has 5 nitrogen and oxygen atoms in total. The van der Waals surface area contributed by atoms with Gasteiger partial charge in [0.1, 0.15) is 5.60 Å². The number of likely N-dealkylation sites (N-methyl/N-ethyl adjacent to an activating group) is 1. The zero-order valence-corrected chi connectivity index (χ0v) is 16.8. The molecule has 0 aromatic carbocycles. The number of hydrogen-bond donors (Lipinski definition) is 0. The Morgan fingerprint density at radius 3 is 2.35 bits per heavy atom. The highest BCUT2D eigenvalue weighted by atomic mass is 79.9. The summed E-state index contributed by atoms with van der Waals surface area (Å²) in [6.07, 6.45) is 1.80. The van der Waals surface area contributed by atoms with Gasteiger partial charge < -0.3 is 19.1 Å². The van der Waals surface area contributed by atoms with E-state index in [2.05, 4.69) is 15.9 Å². The summed E-state index contributed by atoms with van der Waals surface area (Å²) >= 11 is 3.54. The van der Waals surface area contributed by atoms with Crippen molar-refractivity contribution in [1.82, 2.24) is 4.90 Å². The molecule has 0 spiro atoms. The molecule has 1 aliphatic rings. The second-order valence-electron chi connectivity index (χ2n) is 7.44. The van der Waals surface area contributed by atoms with E-state index in [-0.39, 0.29) is 6.09 Å². The molecule has 1 unspecified atom stereocenters. The topological polar surface area (TPSA) is 48.0 Å². The zero-order chi connectivity index (χ0) is 17.5. The van der Waals surface area contributed by atoms with Gasteiger partial charge in [0.25, 0.3) is 0 Å². The van der Waals surface area contributed by atoms with Gasteiger partial charge >= 0.3 is 6.09 Å². The summed E-state index contributed by atoms with van der Waals surface area (Å²) in [5.74, 6) is 0.540. The van der Waals surface area contributed by atoms with Gasteiger partial charge in [-0.15, -0.1) is 0 Å². The van der Waals surface area contributed by atoms with Crippen LogP contribution in [0.5, 0.6) is 0 Å². The molecule has 0 aromatic rings. The Balaban J connectivity index is 2.57. The van der Waals surface area contributed by atoms with Crippen molar-refractivity contribution in [3.05, 3.63) is 0 Å². The van der Waals surface area contributed by atoms with Crippen molar-refractivity contribution in [2.75, 3.05) is 38.2 Å². The number of ether oxygens (including phenoxy) is 3.